The Balaban J connectivity index is 2.04. The number of aryl methyl sites for hydroxylation is 1. The molecule has 4 aromatic rings. The summed E-state index contributed by atoms with van der Waals surface area (Å²) in [6, 6.07) is 9.65. The summed E-state index contributed by atoms with van der Waals surface area (Å²) in [7, 11) is 0. The van der Waals surface area contributed by atoms with Crippen LogP contribution in [-0.4, -0.2) is 38.9 Å². The monoisotopic (exact) mass is 635 g/mol. The van der Waals surface area contributed by atoms with Gasteiger partial charge in [-0.3, -0.25) is 9.36 Å². The van der Waals surface area contributed by atoms with Gasteiger partial charge in [0.2, 0.25) is 0 Å². The Bertz CT molecular complexity index is 1870. The smallest absolute Gasteiger partial charge is 0.267 e. The minimum absolute atomic E-state index is 0.0134. The van der Waals surface area contributed by atoms with Crippen LogP contribution in [0.3, 0.4) is 0 Å². The second-order valence-electron chi connectivity index (χ2n) is 11.7. The van der Waals surface area contributed by atoms with Gasteiger partial charge >= 0.3 is 0 Å². The molecule has 0 spiro atoms. The molecule has 4 rings (SSSR count). The van der Waals surface area contributed by atoms with Crippen LogP contribution in [0, 0.1) is 28.4 Å². The van der Waals surface area contributed by atoms with Crippen molar-refractivity contribution >= 4 is 34.3 Å². The topological polar surface area (TPSA) is 134 Å². The molecule has 242 valence electrons. The third-order valence-corrected chi connectivity index (χ3v) is 7.62. The van der Waals surface area contributed by atoms with E-state index in [1.165, 1.54) is 41.8 Å². The van der Waals surface area contributed by atoms with Gasteiger partial charge in [0, 0.05) is 36.4 Å². The van der Waals surface area contributed by atoms with Crippen molar-refractivity contribution in [1.29, 1.82) is 10.8 Å². The molecule has 0 aliphatic carbocycles. The van der Waals surface area contributed by atoms with E-state index in [4.69, 9.17) is 21.5 Å². The minimum atomic E-state index is -3.05. The van der Waals surface area contributed by atoms with Crippen LogP contribution in [0.1, 0.15) is 68.7 Å². The van der Waals surface area contributed by atoms with Crippen molar-refractivity contribution in [1.82, 2.24) is 19.9 Å². The zero-order valence-corrected chi connectivity index (χ0v) is 26.3. The molecule has 0 saturated heterocycles. The van der Waals surface area contributed by atoms with Crippen LogP contribution in [0.5, 0.6) is 0 Å². The molecule has 12 heteroatoms. The van der Waals surface area contributed by atoms with Gasteiger partial charge in [-0.05, 0) is 73.2 Å². The van der Waals surface area contributed by atoms with Crippen LogP contribution in [0.2, 0.25) is 0 Å². The summed E-state index contributed by atoms with van der Waals surface area (Å²) in [4.78, 5) is 23.7. The first-order chi connectivity index (χ1) is 21.6. The van der Waals surface area contributed by atoms with Crippen molar-refractivity contribution in [3.05, 3.63) is 98.7 Å². The van der Waals surface area contributed by atoms with E-state index in [2.05, 4.69) is 10.3 Å². The van der Waals surface area contributed by atoms with Gasteiger partial charge < -0.3 is 21.9 Å². The van der Waals surface area contributed by atoms with Gasteiger partial charge in [-0.25, -0.2) is 27.5 Å². The number of anilines is 1. The van der Waals surface area contributed by atoms with E-state index in [1.807, 2.05) is 20.8 Å². The fraction of sp³-hybridized carbons (Fsp3) is 0.324. The first kappa shape index (κ1) is 34.0. The zero-order chi connectivity index (χ0) is 33.9. The van der Waals surface area contributed by atoms with Crippen molar-refractivity contribution in [2.24, 2.45) is 5.92 Å². The minimum Gasteiger partial charge on any atom is -0.396 e. The normalized spacial score (nSPS) is 12.9. The highest BCUT2D eigenvalue weighted by molar-refractivity contribution is 5.96. The van der Waals surface area contributed by atoms with E-state index < -0.39 is 35.6 Å². The number of hydrogen-bond acceptors (Lipinski definition) is 7. The lowest BCUT2D eigenvalue weighted by Crippen LogP contribution is -2.30. The van der Waals surface area contributed by atoms with E-state index in [0.29, 0.717) is 17.5 Å². The molecule has 0 aliphatic heterocycles. The van der Waals surface area contributed by atoms with Gasteiger partial charge in [0.05, 0.1) is 34.7 Å². The van der Waals surface area contributed by atoms with Crippen molar-refractivity contribution in [3.8, 4) is 5.69 Å². The molecule has 2 heterocycles. The molecule has 2 aromatic carbocycles. The Morgan fingerprint density at radius 3 is 2.35 bits per heavy atom. The standard InChI is InChI=1S/C34H37F4N7O/c1-6-21-7-10-29(30(41)26(21)16-39)45-32(25(18(2)3)14-20-12-22(35)15-23(36)13-20)44-31-24(33(45)46)8-9-27(43-31)28(11-19(4)40)42-17-34(5,37)38/h7-13,15-16,18,25,39-40,42H,6,14,17,41H2,1-5H3/b28-11-,39-16?,40-19?. The number of rotatable bonds is 12. The van der Waals surface area contributed by atoms with Gasteiger partial charge in [-0.2, -0.15) is 0 Å². The summed E-state index contributed by atoms with van der Waals surface area (Å²) in [5, 5.41) is 18.6. The lowest BCUT2D eigenvalue weighted by atomic mass is 9.87. The van der Waals surface area contributed by atoms with Crippen LogP contribution >= 0.6 is 0 Å². The van der Waals surface area contributed by atoms with E-state index >= 15 is 0 Å². The summed E-state index contributed by atoms with van der Waals surface area (Å²) in [5.74, 6) is -5.09. The number of hydrogen-bond donors (Lipinski definition) is 4. The predicted molar refractivity (Wildman–Crippen MR) is 174 cm³/mol. The van der Waals surface area contributed by atoms with E-state index in [-0.39, 0.29) is 57.7 Å². The lowest BCUT2D eigenvalue weighted by molar-refractivity contribution is 0.0267. The summed E-state index contributed by atoms with van der Waals surface area (Å²) >= 11 is 0. The molecule has 1 atom stereocenters. The Labute approximate surface area is 264 Å². The molecule has 2 aromatic heterocycles. The quantitative estimate of drug-likeness (QED) is 0.0771. The molecule has 0 amide bonds. The van der Waals surface area contributed by atoms with E-state index in [0.717, 1.165) is 24.8 Å². The fourth-order valence-corrected chi connectivity index (χ4v) is 5.35. The number of halogens is 4. The maximum absolute atomic E-state index is 14.3. The number of aromatic nitrogens is 3. The number of nitrogens with zero attached hydrogens (tertiary/aromatic N) is 3. The highest BCUT2D eigenvalue weighted by atomic mass is 19.3. The van der Waals surface area contributed by atoms with Crippen LogP contribution in [-0.2, 0) is 12.8 Å². The van der Waals surface area contributed by atoms with Gasteiger partial charge in [0.15, 0.2) is 5.65 Å². The van der Waals surface area contributed by atoms with Crippen LogP contribution in [0.15, 0.2) is 53.3 Å². The zero-order valence-electron chi connectivity index (χ0n) is 26.3. The highest BCUT2D eigenvalue weighted by Crippen LogP contribution is 2.32. The molecule has 8 nitrogen and oxygen atoms in total. The number of allylic oxidation sites excluding steroid dienone is 1. The number of pyridine rings is 1. The maximum atomic E-state index is 14.3. The SMILES string of the molecule is CCc1ccc(-n2c(C(Cc3cc(F)cc(F)c3)C(C)C)nc3nc(/C(=C/C(C)=N)NCC(C)(F)F)ccc3c2=O)c(N)c1C=N. The Morgan fingerprint density at radius 2 is 1.78 bits per heavy atom. The summed E-state index contributed by atoms with van der Waals surface area (Å²) in [5.41, 5.74) is 8.59. The first-order valence-electron chi connectivity index (χ1n) is 14.8. The summed E-state index contributed by atoms with van der Waals surface area (Å²) in [6.07, 6.45) is 3.19. The summed E-state index contributed by atoms with van der Waals surface area (Å²) < 4.78 is 57.3. The number of nitrogens with one attached hydrogen (secondary N) is 3. The van der Waals surface area contributed by atoms with Gasteiger partial charge in [0.1, 0.15) is 17.5 Å². The molecule has 0 aliphatic rings. The molecule has 0 fully saturated rings. The van der Waals surface area contributed by atoms with Crippen molar-refractivity contribution in [2.75, 3.05) is 12.3 Å². The lowest BCUT2D eigenvalue weighted by Gasteiger charge is -2.26. The van der Waals surface area contributed by atoms with Crippen LogP contribution in [0.4, 0.5) is 23.2 Å². The van der Waals surface area contributed by atoms with Crippen LogP contribution in [0.25, 0.3) is 22.4 Å². The average Bonchev–Trinajstić information content (AvgIpc) is 2.96. The number of nitrogen functional groups attached to an aromatic ring is 1. The van der Waals surface area contributed by atoms with Gasteiger partial charge in [-0.1, -0.05) is 26.8 Å². The number of benzene rings is 2. The Morgan fingerprint density at radius 1 is 1.11 bits per heavy atom. The highest BCUT2D eigenvalue weighted by Gasteiger charge is 2.27. The molecular weight excluding hydrogens is 598 g/mol. The number of alkyl halides is 2. The number of nitrogens with two attached hydrogens (primary N) is 1. The van der Waals surface area contributed by atoms with E-state index in [1.54, 1.807) is 12.1 Å². The molecule has 0 radical (unpaired) electrons. The fourth-order valence-electron chi connectivity index (χ4n) is 5.35. The molecule has 0 bridgehead atoms. The molecule has 1 unspecified atom stereocenters. The second-order valence-corrected chi connectivity index (χ2v) is 11.7. The molecule has 46 heavy (non-hydrogen) atoms. The van der Waals surface area contributed by atoms with Crippen molar-refractivity contribution in [3.63, 3.8) is 0 Å². The Hall–Kier alpha value is -4.87. The van der Waals surface area contributed by atoms with Crippen LogP contribution < -0.4 is 16.6 Å². The van der Waals surface area contributed by atoms with Gasteiger partial charge in [-0.15, -0.1) is 0 Å². The molecular formula is C34H37F4N7O. The number of fused-ring (bicyclic) bond motifs is 1. The molecule has 0 saturated carbocycles. The largest absolute Gasteiger partial charge is 0.396 e. The van der Waals surface area contributed by atoms with Crippen molar-refractivity contribution < 1.29 is 17.6 Å². The second kappa shape index (κ2) is 13.6. The third-order valence-electron chi connectivity index (χ3n) is 7.62. The average molecular weight is 636 g/mol. The maximum Gasteiger partial charge on any atom is 0.267 e. The third kappa shape index (κ3) is 7.49. The molecule has 5 N–H and O–H groups in total. The predicted octanol–water partition coefficient (Wildman–Crippen LogP) is 6.81. The van der Waals surface area contributed by atoms with Gasteiger partial charge in [0.25, 0.3) is 11.5 Å². The summed E-state index contributed by atoms with van der Waals surface area (Å²) in [6.45, 7) is 7.24. The van der Waals surface area contributed by atoms with Crippen molar-refractivity contribution in [2.45, 2.75) is 59.3 Å². The Kier molecular flexibility index (Phi) is 10.1. The van der Waals surface area contributed by atoms with E-state index in [9.17, 15) is 22.4 Å². The first-order valence-corrected chi connectivity index (χ1v) is 14.8.